The molecule has 0 aromatic carbocycles. The molecule has 0 bridgehead atoms. The van der Waals surface area contributed by atoms with Crippen LogP contribution in [0.3, 0.4) is 0 Å². The fourth-order valence-corrected chi connectivity index (χ4v) is 2.09. The first kappa shape index (κ1) is 17.7. The molecule has 6 heteroatoms. The maximum atomic E-state index is 11.1. The van der Waals surface area contributed by atoms with Crippen molar-refractivity contribution in [1.29, 1.82) is 0 Å². The van der Waals surface area contributed by atoms with Crippen molar-refractivity contribution >= 4 is 5.82 Å². The van der Waals surface area contributed by atoms with Gasteiger partial charge in [-0.1, -0.05) is 51.9 Å². The van der Waals surface area contributed by atoms with Crippen molar-refractivity contribution in [3.05, 3.63) is 22.7 Å². The summed E-state index contributed by atoms with van der Waals surface area (Å²) >= 11 is 0. The molecule has 0 unspecified atom stereocenters. The molecular formula is C15H27N3O3. The van der Waals surface area contributed by atoms with Gasteiger partial charge in [-0.2, -0.15) is 4.98 Å². The summed E-state index contributed by atoms with van der Waals surface area (Å²) < 4.78 is 0. The van der Waals surface area contributed by atoms with Gasteiger partial charge in [-0.25, -0.2) is 9.86 Å². The number of aromatic nitrogens is 2. The van der Waals surface area contributed by atoms with E-state index in [2.05, 4.69) is 16.9 Å². The molecule has 1 aromatic heterocycles. The SMILES string of the molecule is CCCCCCCCCCON(CO)c1cc[nH]c(=O)n1. The van der Waals surface area contributed by atoms with E-state index in [-0.39, 0.29) is 6.73 Å². The fourth-order valence-electron chi connectivity index (χ4n) is 2.09. The van der Waals surface area contributed by atoms with E-state index in [1.54, 1.807) is 6.07 Å². The van der Waals surface area contributed by atoms with Gasteiger partial charge in [-0.15, -0.1) is 0 Å². The maximum absolute atomic E-state index is 11.1. The average molecular weight is 297 g/mol. The van der Waals surface area contributed by atoms with E-state index < -0.39 is 5.69 Å². The normalized spacial score (nSPS) is 10.8. The Morgan fingerprint density at radius 3 is 2.48 bits per heavy atom. The molecule has 6 nitrogen and oxygen atoms in total. The summed E-state index contributed by atoms with van der Waals surface area (Å²) in [6, 6.07) is 1.59. The van der Waals surface area contributed by atoms with E-state index in [0.29, 0.717) is 12.4 Å². The third kappa shape index (κ3) is 7.82. The van der Waals surface area contributed by atoms with Gasteiger partial charge >= 0.3 is 5.69 Å². The second kappa shape index (κ2) is 11.3. The van der Waals surface area contributed by atoms with Crippen molar-refractivity contribution in [2.24, 2.45) is 0 Å². The minimum atomic E-state index is -0.457. The van der Waals surface area contributed by atoms with Crippen molar-refractivity contribution < 1.29 is 9.94 Å². The molecule has 2 N–H and O–H groups in total. The largest absolute Gasteiger partial charge is 0.374 e. The van der Waals surface area contributed by atoms with Crippen LogP contribution in [0.2, 0.25) is 0 Å². The molecule has 1 aromatic rings. The van der Waals surface area contributed by atoms with Crippen molar-refractivity contribution in [2.75, 3.05) is 18.4 Å². The number of nitrogens with zero attached hydrogens (tertiary/aromatic N) is 2. The highest BCUT2D eigenvalue weighted by molar-refractivity contribution is 5.31. The Bertz CT molecular complexity index is 423. The lowest BCUT2D eigenvalue weighted by Crippen LogP contribution is -2.28. The molecule has 0 amide bonds. The summed E-state index contributed by atoms with van der Waals surface area (Å²) in [4.78, 5) is 22.7. The number of aliphatic hydroxyl groups excluding tert-OH is 1. The number of unbranched alkanes of at least 4 members (excludes halogenated alkanes) is 7. The van der Waals surface area contributed by atoms with E-state index in [1.165, 1.54) is 49.8 Å². The van der Waals surface area contributed by atoms with E-state index >= 15 is 0 Å². The molecular weight excluding hydrogens is 270 g/mol. The predicted molar refractivity (Wildman–Crippen MR) is 83.0 cm³/mol. The van der Waals surface area contributed by atoms with Gasteiger partial charge in [-0.05, 0) is 12.5 Å². The Labute approximate surface area is 126 Å². The smallest absolute Gasteiger partial charge is 0.346 e. The maximum Gasteiger partial charge on any atom is 0.346 e. The molecule has 120 valence electrons. The van der Waals surface area contributed by atoms with E-state index in [9.17, 15) is 9.90 Å². The Kier molecular flexibility index (Phi) is 9.48. The van der Waals surface area contributed by atoms with Crippen LogP contribution in [0.25, 0.3) is 0 Å². The molecule has 0 saturated carbocycles. The molecule has 1 heterocycles. The number of anilines is 1. The first-order chi connectivity index (χ1) is 10.3. The number of hydroxylamine groups is 1. The predicted octanol–water partition coefficient (Wildman–Crippen LogP) is 2.60. The van der Waals surface area contributed by atoms with Crippen molar-refractivity contribution in [3.8, 4) is 0 Å². The minimum absolute atomic E-state index is 0.320. The number of hydrogen-bond donors (Lipinski definition) is 2. The molecule has 0 aliphatic rings. The summed E-state index contributed by atoms with van der Waals surface area (Å²) in [6.45, 7) is 2.41. The quantitative estimate of drug-likeness (QED) is 0.352. The van der Waals surface area contributed by atoms with Gasteiger partial charge in [-0.3, -0.25) is 4.84 Å². The van der Waals surface area contributed by atoms with Gasteiger partial charge in [0, 0.05) is 6.20 Å². The lowest BCUT2D eigenvalue weighted by molar-refractivity contribution is 0.0567. The monoisotopic (exact) mass is 297 g/mol. The summed E-state index contributed by atoms with van der Waals surface area (Å²) in [6.07, 6.45) is 11.3. The number of aliphatic hydroxyl groups is 1. The molecule has 21 heavy (non-hydrogen) atoms. The lowest BCUT2D eigenvalue weighted by atomic mass is 10.1. The van der Waals surface area contributed by atoms with E-state index in [1.807, 2.05) is 0 Å². The van der Waals surface area contributed by atoms with Crippen LogP contribution in [0.4, 0.5) is 5.82 Å². The first-order valence-electron chi connectivity index (χ1n) is 7.85. The molecule has 0 spiro atoms. The van der Waals surface area contributed by atoms with Crippen LogP contribution in [0.15, 0.2) is 17.1 Å². The van der Waals surface area contributed by atoms with Gasteiger partial charge < -0.3 is 10.1 Å². The minimum Gasteiger partial charge on any atom is -0.374 e. The van der Waals surface area contributed by atoms with Crippen LogP contribution in [0, 0.1) is 0 Å². The van der Waals surface area contributed by atoms with Crippen LogP contribution < -0.4 is 10.8 Å². The average Bonchev–Trinajstić information content (AvgIpc) is 2.49. The summed E-state index contributed by atoms with van der Waals surface area (Å²) in [5.74, 6) is 0.320. The van der Waals surface area contributed by atoms with Crippen molar-refractivity contribution in [3.63, 3.8) is 0 Å². The molecule has 0 saturated heterocycles. The first-order valence-corrected chi connectivity index (χ1v) is 7.85. The van der Waals surface area contributed by atoms with Crippen LogP contribution in [0.1, 0.15) is 58.3 Å². The Morgan fingerprint density at radius 2 is 1.86 bits per heavy atom. The standard InChI is InChI=1S/C15H27N3O3/c1-2-3-4-5-6-7-8-9-12-21-18(13-19)14-10-11-16-15(20)17-14/h10-11,19H,2-9,12-13H2,1H3,(H,16,17,20). The molecule has 0 radical (unpaired) electrons. The molecule has 1 rings (SSSR count). The van der Waals surface area contributed by atoms with Crippen LogP contribution in [-0.4, -0.2) is 28.4 Å². The Balaban J connectivity index is 2.11. The Hall–Kier alpha value is -1.40. The number of aromatic amines is 1. The summed E-state index contributed by atoms with van der Waals surface area (Å²) in [5, 5.41) is 10.5. The van der Waals surface area contributed by atoms with Gasteiger partial charge in [0.2, 0.25) is 0 Å². The highest BCUT2D eigenvalue weighted by Crippen LogP contribution is 2.10. The number of rotatable bonds is 12. The van der Waals surface area contributed by atoms with Crippen molar-refractivity contribution in [2.45, 2.75) is 58.3 Å². The second-order valence-corrected chi connectivity index (χ2v) is 5.08. The van der Waals surface area contributed by atoms with Crippen LogP contribution >= 0.6 is 0 Å². The third-order valence-corrected chi connectivity index (χ3v) is 3.28. The molecule has 0 aliphatic carbocycles. The van der Waals surface area contributed by atoms with Gasteiger partial charge in [0.05, 0.1) is 6.61 Å². The Morgan fingerprint density at radius 1 is 1.19 bits per heavy atom. The second-order valence-electron chi connectivity index (χ2n) is 5.08. The third-order valence-electron chi connectivity index (χ3n) is 3.28. The topological polar surface area (TPSA) is 78.5 Å². The number of H-pyrrole nitrogens is 1. The van der Waals surface area contributed by atoms with E-state index in [4.69, 9.17) is 4.84 Å². The van der Waals surface area contributed by atoms with Crippen LogP contribution in [-0.2, 0) is 4.84 Å². The number of nitrogens with one attached hydrogen (secondary N) is 1. The zero-order valence-corrected chi connectivity index (χ0v) is 12.9. The molecule has 0 aliphatic heterocycles. The molecule has 0 fully saturated rings. The summed E-state index contributed by atoms with van der Waals surface area (Å²) in [7, 11) is 0. The zero-order valence-electron chi connectivity index (χ0n) is 12.9. The van der Waals surface area contributed by atoms with E-state index in [0.717, 1.165) is 12.8 Å². The number of hydrogen-bond acceptors (Lipinski definition) is 5. The zero-order chi connectivity index (χ0) is 15.3. The molecule has 0 atom stereocenters. The fraction of sp³-hybridized carbons (Fsp3) is 0.733. The van der Waals surface area contributed by atoms with Gasteiger partial charge in [0.15, 0.2) is 5.82 Å². The highest BCUT2D eigenvalue weighted by Gasteiger charge is 2.07. The summed E-state index contributed by atoms with van der Waals surface area (Å²) in [5.41, 5.74) is -0.457. The van der Waals surface area contributed by atoms with Gasteiger partial charge in [0.1, 0.15) is 6.73 Å². The van der Waals surface area contributed by atoms with Crippen LogP contribution in [0.5, 0.6) is 0 Å². The highest BCUT2D eigenvalue weighted by atomic mass is 16.7. The van der Waals surface area contributed by atoms with Crippen molar-refractivity contribution in [1.82, 2.24) is 9.97 Å². The lowest BCUT2D eigenvalue weighted by Gasteiger charge is -2.19. The van der Waals surface area contributed by atoms with Gasteiger partial charge in [0.25, 0.3) is 0 Å².